The van der Waals surface area contributed by atoms with Gasteiger partial charge in [-0.05, 0) is 55.2 Å². The van der Waals surface area contributed by atoms with Gasteiger partial charge >= 0.3 is 0 Å². The summed E-state index contributed by atoms with van der Waals surface area (Å²) in [5.41, 5.74) is 8.05. The normalized spacial score (nSPS) is 13.8. The van der Waals surface area contributed by atoms with Crippen LogP contribution in [-0.2, 0) is 4.74 Å². The zero-order chi connectivity index (χ0) is 28.3. The number of unbranched alkanes of at least 4 members (excludes halogenated alkanes) is 1. The van der Waals surface area contributed by atoms with E-state index in [9.17, 15) is 9.59 Å². The van der Waals surface area contributed by atoms with Gasteiger partial charge in [-0.3, -0.25) is 14.6 Å². The van der Waals surface area contributed by atoms with E-state index in [4.69, 9.17) is 10.5 Å². The third kappa shape index (κ3) is 10.5. The van der Waals surface area contributed by atoms with Crippen LogP contribution in [0.3, 0.4) is 0 Å². The molecular formula is C33H44N2O3. The fourth-order valence-corrected chi connectivity index (χ4v) is 3.87. The number of hydrogen-bond donors (Lipinski definition) is 1. The molecule has 204 valence electrons. The average Bonchev–Trinajstić information content (AvgIpc) is 2.95. The van der Waals surface area contributed by atoms with Gasteiger partial charge in [0.15, 0.2) is 12.1 Å². The van der Waals surface area contributed by atoms with Crippen LogP contribution in [0, 0.1) is 5.92 Å². The standard InChI is InChI=1S/C24H24N2O2.C9H20O/c1-4-7-8-10-17-11-12-19(16-27)20(15-17)24(28)23(25)22-14-13-18(6-3)21(26-22)9-5-2;1-4-6-7-9(5-2)8-10-3/h4-16,23H,2,25H2,1,3H3;9H,4-8H2,1-3H3/b7-4-,10-8-,18-6-,21-9+;. The van der Waals surface area contributed by atoms with E-state index in [1.807, 2.05) is 50.3 Å². The Balaban J connectivity index is 0.000000612. The lowest BCUT2D eigenvalue weighted by atomic mass is 9.95. The van der Waals surface area contributed by atoms with E-state index in [0.717, 1.165) is 23.3 Å². The van der Waals surface area contributed by atoms with E-state index in [2.05, 4.69) is 25.4 Å². The minimum atomic E-state index is -0.976. The van der Waals surface area contributed by atoms with Crippen LogP contribution in [0.4, 0.5) is 0 Å². The third-order valence-electron chi connectivity index (χ3n) is 6.17. The van der Waals surface area contributed by atoms with Gasteiger partial charge in [0.05, 0.1) is 11.0 Å². The first-order valence-corrected chi connectivity index (χ1v) is 13.3. The number of carbonyl (C=O) groups is 2. The zero-order valence-electron chi connectivity index (χ0n) is 23.7. The Morgan fingerprint density at radius 1 is 1.16 bits per heavy atom. The van der Waals surface area contributed by atoms with E-state index in [0.29, 0.717) is 22.9 Å². The molecule has 0 aliphatic rings. The maximum atomic E-state index is 13.0. The van der Waals surface area contributed by atoms with Gasteiger partial charge in [0, 0.05) is 24.8 Å². The Morgan fingerprint density at radius 2 is 1.92 bits per heavy atom. The molecule has 0 radical (unpaired) electrons. The van der Waals surface area contributed by atoms with E-state index < -0.39 is 6.04 Å². The van der Waals surface area contributed by atoms with Crippen LogP contribution in [0.25, 0.3) is 18.2 Å². The number of carbonyl (C=O) groups excluding carboxylic acids is 2. The van der Waals surface area contributed by atoms with Crippen LogP contribution in [0.15, 0.2) is 61.2 Å². The smallest absolute Gasteiger partial charge is 0.186 e. The highest BCUT2D eigenvalue weighted by Crippen LogP contribution is 2.19. The van der Waals surface area contributed by atoms with Gasteiger partial charge in [-0.15, -0.1) is 0 Å². The van der Waals surface area contributed by atoms with Crippen LogP contribution >= 0.6 is 0 Å². The fourth-order valence-electron chi connectivity index (χ4n) is 3.87. The maximum Gasteiger partial charge on any atom is 0.186 e. The lowest BCUT2D eigenvalue weighted by Crippen LogP contribution is -2.32. The Bertz CT molecular complexity index is 1210. The first-order chi connectivity index (χ1) is 18.4. The number of methoxy groups -OCH3 is 1. The Hall–Kier alpha value is -3.41. The van der Waals surface area contributed by atoms with Crippen LogP contribution < -0.4 is 16.3 Å². The number of Topliss-reactive ketones (excluding diaryl/α,β-unsaturated/α-hetero) is 1. The highest BCUT2D eigenvalue weighted by Gasteiger charge is 2.22. The number of rotatable bonds is 13. The van der Waals surface area contributed by atoms with Gasteiger partial charge in [0.1, 0.15) is 6.04 Å². The number of ketones is 1. The van der Waals surface area contributed by atoms with Gasteiger partial charge < -0.3 is 10.5 Å². The van der Waals surface area contributed by atoms with Crippen molar-refractivity contribution in [2.45, 2.75) is 59.4 Å². The van der Waals surface area contributed by atoms with Crippen LogP contribution in [0.5, 0.6) is 0 Å². The first kappa shape index (κ1) is 32.6. The number of ether oxygens (including phenoxy) is 1. The second kappa shape index (κ2) is 18.8. The molecule has 2 atom stereocenters. The number of hydrogen-bond acceptors (Lipinski definition) is 5. The molecule has 0 spiro atoms. The molecule has 0 saturated carbocycles. The van der Waals surface area contributed by atoms with Gasteiger partial charge in [-0.25, -0.2) is 0 Å². The van der Waals surface area contributed by atoms with Crippen LogP contribution in [-0.4, -0.2) is 30.8 Å². The molecule has 38 heavy (non-hydrogen) atoms. The lowest BCUT2D eigenvalue weighted by molar-refractivity contribution is 0.0954. The van der Waals surface area contributed by atoms with E-state index in [1.54, 1.807) is 43.5 Å². The van der Waals surface area contributed by atoms with Gasteiger partial charge in [-0.2, -0.15) is 0 Å². The summed E-state index contributed by atoms with van der Waals surface area (Å²) in [6.45, 7) is 12.9. The predicted octanol–water partition coefficient (Wildman–Crippen LogP) is 5.98. The molecular weight excluding hydrogens is 472 g/mol. The number of benzene rings is 1. The first-order valence-electron chi connectivity index (χ1n) is 13.3. The second-order valence-electron chi connectivity index (χ2n) is 8.96. The summed E-state index contributed by atoms with van der Waals surface area (Å²) in [5.74, 6) is 0.443. The summed E-state index contributed by atoms with van der Waals surface area (Å²) in [5, 5.41) is 1.62. The highest BCUT2D eigenvalue weighted by atomic mass is 16.5. The number of nitrogens with zero attached hydrogens (tertiary/aromatic N) is 1. The minimum Gasteiger partial charge on any atom is -0.384 e. The van der Waals surface area contributed by atoms with Crippen molar-refractivity contribution < 1.29 is 14.3 Å². The van der Waals surface area contributed by atoms with Crippen molar-refractivity contribution in [3.8, 4) is 0 Å². The predicted molar refractivity (Wildman–Crippen MR) is 160 cm³/mol. The molecule has 1 aromatic heterocycles. The maximum absolute atomic E-state index is 13.0. The number of nitrogens with two attached hydrogens (primary N) is 1. The number of allylic oxidation sites excluding steroid dienone is 4. The molecule has 0 bridgehead atoms. The van der Waals surface area contributed by atoms with Crippen molar-refractivity contribution in [3.05, 3.63) is 94.2 Å². The third-order valence-corrected chi connectivity index (χ3v) is 6.17. The molecule has 2 rings (SSSR count). The van der Waals surface area contributed by atoms with E-state index in [1.165, 1.54) is 25.7 Å². The van der Waals surface area contributed by atoms with Crippen LogP contribution in [0.2, 0.25) is 0 Å². The number of pyridine rings is 1. The number of aldehydes is 1. The molecule has 1 heterocycles. The molecule has 0 amide bonds. The SMILES string of the molecule is C=C/C=c1/nc(C(N)C(=O)c2cc(/C=C\C=C/C)ccc2C=O)cc/c1=C/C.CCCCC(CC)COC. The van der Waals surface area contributed by atoms with E-state index >= 15 is 0 Å². The molecule has 2 N–H and O–H groups in total. The molecule has 0 saturated heterocycles. The van der Waals surface area contributed by atoms with Crippen molar-refractivity contribution in [1.82, 2.24) is 4.98 Å². The molecule has 1 aromatic carbocycles. The van der Waals surface area contributed by atoms with Gasteiger partial charge in [0.25, 0.3) is 0 Å². The largest absolute Gasteiger partial charge is 0.384 e. The summed E-state index contributed by atoms with van der Waals surface area (Å²) in [6.07, 6.45) is 18.7. The monoisotopic (exact) mass is 516 g/mol. The average molecular weight is 517 g/mol. The summed E-state index contributed by atoms with van der Waals surface area (Å²) in [6, 6.07) is 7.71. The summed E-state index contributed by atoms with van der Waals surface area (Å²) in [4.78, 5) is 29.0. The van der Waals surface area contributed by atoms with Crippen molar-refractivity contribution in [3.63, 3.8) is 0 Å². The van der Waals surface area contributed by atoms with Crippen molar-refractivity contribution in [2.24, 2.45) is 11.7 Å². The lowest BCUT2D eigenvalue weighted by Gasteiger charge is -2.12. The van der Waals surface area contributed by atoms with Gasteiger partial charge in [-0.1, -0.05) is 94.3 Å². The summed E-state index contributed by atoms with van der Waals surface area (Å²) >= 11 is 0. The Kier molecular flexibility index (Phi) is 16.1. The number of aromatic nitrogens is 1. The molecule has 2 unspecified atom stereocenters. The van der Waals surface area contributed by atoms with Crippen molar-refractivity contribution in [2.75, 3.05) is 13.7 Å². The zero-order valence-corrected chi connectivity index (χ0v) is 23.7. The molecule has 0 aliphatic heterocycles. The summed E-state index contributed by atoms with van der Waals surface area (Å²) < 4.78 is 5.09. The molecule has 0 aliphatic carbocycles. The minimum absolute atomic E-state index is 0.285. The van der Waals surface area contributed by atoms with Gasteiger partial charge in [0.2, 0.25) is 0 Å². The molecule has 5 heteroatoms. The molecule has 0 fully saturated rings. The van der Waals surface area contributed by atoms with E-state index in [-0.39, 0.29) is 11.3 Å². The van der Waals surface area contributed by atoms with Crippen LogP contribution in [0.1, 0.15) is 91.4 Å². The van der Waals surface area contributed by atoms with Crippen molar-refractivity contribution in [1.29, 1.82) is 0 Å². The molecule has 2 aromatic rings. The molecule has 5 nitrogen and oxygen atoms in total. The second-order valence-corrected chi connectivity index (χ2v) is 8.96. The van der Waals surface area contributed by atoms with Crippen molar-refractivity contribution >= 4 is 30.3 Å². The fraction of sp³-hybridized carbons (Fsp3) is 0.364. The highest BCUT2D eigenvalue weighted by molar-refractivity contribution is 6.06. The topological polar surface area (TPSA) is 82.3 Å². The quantitative estimate of drug-likeness (QED) is 0.201. The Labute approximate surface area is 228 Å². The summed E-state index contributed by atoms with van der Waals surface area (Å²) in [7, 11) is 1.79. The Morgan fingerprint density at radius 3 is 2.50 bits per heavy atom.